The van der Waals surface area contributed by atoms with Crippen LogP contribution in [0, 0.1) is 6.92 Å². The lowest BCUT2D eigenvalue weighted by atomic mass is 10.2. The first kappa shape index (κ1) is 20.5. The molecule has 30 heavy (non-hydrogen) atoms. The zero-order valence-corrected chi connectivity index (χ0v) is 16.4. The first-order chi connectivity index (χ1) is 14.5. The average Bonchev–Trinajstić information content (AvgIpc) is 2.72. The van der Waals surface area contributed by atoms with Gasteiger partial charge in [0.2, 0.25) is 0 Å². The molecule has 0 aliphatic carbocycles. The summed E-state index contributed by atoms with van der Waals surface area (Å²) in [7, 11) is 1.50. The van der Waals surface area contributed by atoms with Crippen LogP contribution in [-0.4, -0.2) is 41.0 Å². The monoisotopic (exact) mass is 408 g/mol. The lowest BCUT2D eigenvalue weighted by molar-refractivity contribution is -0.118. The third kappa shape index (κ3) is 5.89. The van der Waals surface area contributed by atoms with Gasteiger partial charge in [0.25, 0.3) is 5.91 Å². The molecule has 0 aliphatic heterocycles. The number of carbonyl (C=O) groups excluding carboxylic acids is 1. The molecule has 2 aromatic carbocycles. The van der Waals surface area contributed by atoms with Crippen LogP contribution in [0.15, 0.2) is 58.6 Å². The van der Waals surface area contributed by atoms with Gasteiger partial charge in [0.15, 0.2) is 23.9 Å². The van der Waals surface area contributed by atoms with Crippen LogP contribution in [0.3, 0.4) is 0 Å². The fraction of sp³-hybridized carbons (Fsp3) is 0.150. The molecule has 0 saturated heterocycles. The Morgan fingerprint density at radius 1 is 1.23 bits per heavy atom. The number of H-pyrrole nitrogens is 1. The van der Waals surface area contributed by atoms with Crippen LogP contribution in [0.1, 0.15) is 11.1 Å². The van der Waals surface area contributed by atoms with Crippen LogP contribution in [0.4, 0.5) is 11.5 Å². The summed E-state index contributed by atoms with van der Waals surface area (Å²) in [6.45, 7) is 1.78. The average molecular weight is 408 g/mol. The van der Waals surface area contributed by atoms with Gasteiger partial charge < -0.3 is 14.8 Å². The van der Waals surface area contributed by atoms with E-state index in [1.165, 1.54) is 19.5 Å². The van der Waals surface area contributed by atoms with E-state index in [1.54, 1.807) is 18.2 Å². The van der Waals surface area contributed by atoms with Crippen molar-refractivity contribution in [3.05, 3.63) is 70.3 Å². The van der Waals surface area contributed by atoms with Gasteiger partial charge in [-0.1, -0.05) is 12.1 Å². The first-order valence-corrected chi connectivity index (χ1v) is 8.91. The van der Waals surface area contributed by atoms with Gasteiger partial charge >= 0.3 is 5.69 Å². The Labute approximate surface area is 172 Å². The minimum absolute atomic E-state index is 0.166. The van der Waals surface area contributed by atoms with Gasteiger partial charge in [-0.3, -0.25) is 10.2 Å². The Morgan fingerprint density at radius 2 is 2.10 bits per heavy atom. The van der Waals surface area contributed by atoms with E-state index in [9.17, 15) is 9.59 Å². The molecular formula is C20H20N6O4. The van der Waals surface area contributed by atoms with Crippen molar-refractivity contribution in [2.75, 3.05) is 24.5 Å². The topological polar surface area (TPSA) is 131 Å². The molecule has 0 radical (unpaired) electrons. The second kappa shape index (κ2) is 9.82. The molecule has 10 nitrogen and oxygen atoms in total. The van der Waals surface area contributed by atoms with Crippen LogP contribution in [-0.2, 0) is 4.79 Å². The summed E-state index contributed by atoms with van der Waals surface area (Å²) in [5, 5.41) is 12.6. The van der Waals surface area contributed by atoms with Crippen molar-refractivity contribution < 1.29 is 14.3 Å². The van der Waals surface area contributed by atoms with Crippen molar-refractivity contribution in [3.63, 3.8) is 0 Å². The van der Waals surface area contributed by atoms with Crippen molar-refractivity contribution in [2.45, 2.75) is 6.92 Å². The third-order valence-corrected chi connectivity index (χ3v) is 3.81. The summed E-state index contributed by atoms with van der Waals surface area (Å²) in [6, 6.07) is 12.6. The van der Waals surface area contributed by atoms with Crippen LogP contribution < -0.4 is 25.9 Å². The van der Waals surface area contributed by atoms with Crippen LogP contribution in [0.25, 0.3) is 0 Å². The number of hydrazone groups is 1. The second-order valence-corrected chi connectivity index (χ2v) is 6.16. The summed E-state index contributed by atoms with van der Waals surface area (Å²) < 4.78 is 10.9. The molecule has 3 aromatic rings. The van der Waals surface area contributed by atoms with Gasteiger partial charge in [-0.05, 0) is 48.4 Å². The molecule has 0 fully saturated rings. The molecule has 0 bridgehead atoms. The number of ether oxygens (including phenoxy) is 2. The van der Waals surface area contributed by atoms with Gasteiger partial charge in [0.05, 0.1) is 19.5 Å². The highest BCUT2D eigenvalue weighted by Crippen LogP contribution is 2.27. The number of methoxy groups -OCH3 is 1. The SMILES string of the molecule is COc1cc(/C=N/Nc2cn[nH]c(=O)n2)ccc1OCC(=O)Nc1cccc(C)c1. The molecule has 0 atom stereocenters. The molecule has 0 spiro atoms. The number of amides is 1. The standard InChI is InChI=1S/C20H20N6O4/c1-13-4-3-5-15(8-13)23-19(27)12-30-16-7-6-14(9-17(16)29-2)10-21-25-18-11-22-26-20(28)24-18/h3-11H,12H2,1-2H3,(H,23,27)(H2,24,25,26,28)/b21-10+. The number of carbonyl (C=O) groups is 1. The normalized spacial score (nSPS) is 10.6. The molecule has 0 saturated carbocycles. The number of rotatable bonds is 8. The van der Waals surface area contributed by atoms with Crippen molar-refractivity contribution in [2.24, 2.45) is 5.10 Å². The number of anilines is 2. The largest absolute Gasteiger partial charge is 0.493 e. The number of nitrogens with zero attached hydrogens (tertiary/aromatic N) is 3. The summed E-state index contributed by atoms with van der Waals surface area (Å²) in [6.07, 6.45) is 2.84. The van der Waals surface area contributed by atoms with Gasteiger partial charge in [-0.15, -0.1) is 0 Å². The Bertz CT molecular complexity index is 1110. The maximum atomic E-state index is 12.1. The first-order valence-electron chi connectivity index (χ1n) is 8.91. The quantitative estimate of drug-likeness (QED) is 0.383. The fourth-order valence-electron chi connectivity index (χ4n) is 2.49. The van der Waals surface area contributed by atoms with Crippen LogP contribution in [0.5, 0.6) is 11.5 Å². The van der Waals surface area contributed by atoms with Gasteiger partial charge in [0.1, 0.15) is 0 Å². The van der Waals surface area contributed by atoms with E-state index in [1.807, 2.05) is 31.2 Å². The number of benzene rings is 2. The Morgan fingerprint density at radius 3 is 2.87 bits per heavy atom. The summed E-state index contributed by atoms with van der Waals surface area (Å²) in [5.74, 6) is 0.790. The Balaban J connectivity index is 1.58. The molecule has 1 amide bonds. The van der Waals surface area contributed by atoms with E-state index in [4.69, 9.17) is 9.47 Å². The summed E-state index contributed by atoms with van der Waals surface area (Å²) in [5.41, 5.74) is 4.49. The molecule has 1 aromatic heterocycles. The van der Waals surface area contributed by atoms with E-state index in [-0.39, 0.29) is 18.3 Å². The summed E-state index contributed by atoms with van der Waals surface area (Å²) >= 11 is 0. The number of aryl methyl sites for hydroxylation is 1. The predicted molar refractivity (Wildman–Crippen MR) is 112 cm³/mol. The van der Waals surface area contributed by atoms with E-state index < -0.39 is 5.69 Å². The smallest absolute Gasteiger partial charge is 0.363 e. The predicted octanol–water partition coefficient (Wildman–Crippen LogP) is 1.95. The number of aromatic nitrogens is 3. The van der Waals surface area contributed by atoms with E-state index in [2.05, 4.69) is 31.0 Å². The van der Waals surface area contributed by atoms with Gasteiger partial charge in [-0.25, -0.2) is 9.89 Å². The second-order valence-electron chi connectivity index (χ2n) is 6.16. The highest BCUT2D eigenvalue weighted by Gasteiger charge is 2.09. The zero-order valence-electron chi connectivity index (χ0n) is 16.4. The van der Waals surface area contributed by atoms with Gasteiger partial charge in [-0.2, -0.15) is 15.2 Å². The van der Waals surface area contributed by atoms with Crippen molar-refractivity contribution >= 4 is 23.6 Å². The Hall–Kier alpha value is -4.21. The van der Waals surface area contributed by atoms with E-state index >= 15 is 0 Å². The molecule has 3 rings (SSSR count). The molecule has 154 valence electrons. The zero-order chi connectivity index (χ0) is 21.3. The molecule has 0 aliphatic rings. The molecule has 3 N–H and O–H groups in total. The fourth-order valence-corrected chi connectivity index (χ4v) is 2.49. The van der Waals surface area contributed by atoms with Crippen LogP contribution in [0.2, 0.25) is 0 Å². The van der Waals surface area contributed by atoms with Crippen molar-refractivity contribution in [3.8, 4) is 11.5 Å². The lowest BCUT2D eigenvalue weighted by Crippen LogP contribution is -2.20. The number of hydrogen-bond acceptors (Lipinski definition) is 8. The Kier molecular flexibility index (Phi) is 6.72. The van der Waals surface area contributed by atoms with Crippen LogP contribution >= 0.6 is 0 Å². The molecular weight excluding hydrogens is 388 g/mol. The minimum atomic E-state index is -0.579. The molecule has 1 heterocycles. The maximum absolute atomic E-state index is 12.1. The van der Waals surface area contributed by atoms with Crippen molar-refractivity contribution in [1.29, 1.82) is 0 Å². The lowest BCUT2D eigenvalue weighted by Gasteiger charge is -2.11. The molecule has 10 heteroatoms. The van der Waals surface area contributed by atoms with Crippen molar-refractivity contribution in [1.82, 2.24) is 15.2 Å². The third-order valence-electron chi connectivity index (χ3n) is 3.81. The number of nitrogens with one attached hydrogen (secondary N) is 3. The maximum Gasteiger partial charge on any atom is 0.363 e. The number of hydrogen-bond donors (Lipinski definition) is 3. The van der Waals surface area contributed by atoms with Gasteiger partial charge in [0, 0.05) is 5.69 Å². The highest BCUT2D eigenvalue weighted by molar-refractivity contribution is 5.92. The highest BCUT2D eigenvalue weighted by atomic mass is 16.5. The minimum Gasteiger partial charge on any atom is -0.493 e. The summed E-state index contributed by atoms with van der Waals surface area (Å²) in [4.78, 5) is 26.9. The van der Waals surface area contributed by atoms with E-state index in [0.717, 1.165) is 5.56 Å². The van der Waals surface area contributed by atoms with E-state index in [0.29, 0.717) is 22.7 Å². The molecule has 0 unspecified atom stereocenters. The number of aromatic amines is 1.